The summed E-state index contributed by atoms with van der Waals surface area (Å²) in [5.74, 6) is 2.78. The van der Waals surface area contributed by atoms with Crippen LogP contribution in [-0.4, -0.2) is 27.1 Å². The highest BCUT2D eigenvalue weighted by Crippen LogP contribution is 2.39. The first-order valence-corrected chi connectivity index (χ1v) is 11.7. The second-order valence-corrected chi connectivity index (χ2v) is 12.5. The van der Waals surface area contributed by atoms with Gasteiger partial charge >= 0.3 is 0 Å². The van der Waals surface area contributed by atoms with Crippen molar-refractivity contribution in [2.24, 2.45) is 0 Å². The molecule has 1 heterocycles. The van der Waals surface area contributed by atoms with Crippen molar-refractivity contribution in [1.29, 1.82) is 0 Å². The summed E-state index contributed by atoms with van der Waals surface area (Å²) in [4.78, 5) is 0. The molecule has 0 aromatic heterocycles. The second kappa shape index (κ2) is 8.44. The lowest BCUT2D eigenvalue weighted by molar-refractivity contribution is -0.0629. The Balaban J connectivity index is 2.13. The number of ether oxygens (including phenoxy) is 1. The van der Waals surface area contributed by atoms with E-state index < -0.39 is 8.32 Å². The zero-order valence-electron chi connectivity index (χ0n) is 16.7. The van der Waals surface area contributed by atoms with E-state index in [4.69, 9.17) is 15.6 Å². The van der Waals surface area contributed by atoms with Gasteiger partial charge in [-0.3, -0.25) is 0 Å². The quantitative estimate of drug-likeness (QED) is 0.575. The lowest BCUT2D eigenvalue weighted by Gasteiger charge is -2.47. The minimum atomic E-state index is -2.56. The van der Waals surface area contributed by atoms with Crippen LogP contribution in [0.15, 0.2) is 60.7 Å². The minimum absolute atomic E-state index is 0.0228. The molecule has 2 atom stereocenters. The Kier molecular flexibility index (Phi) is 6.21. The van der Waals surface area contributed by atoms with Crippen LogP contribution in [0.25, 0.3) is 0 Å². The SMILES string of the molecule is C#CC[C@@H]1OCCC[C@H]1O[Si](c1ccccc1)(c1ccccc1)C(C)(C)C. The van der Waals surface area contributed by atoms with Gasteiger partial charge in [-0.25, -0.2) is 0 Å². The maximum atomic E-state index is 7.20. The third-order valence-electron chi connectivity index (χ3n) is 5.44. The van der Waals surface area contributed by atoms with E-state index in [1.807, 2.05) is 0 Å². The first-order chi connectivity index (χ1) is 13.0. The van der Waals surface area contributed by atoms with Crippen LogP contribution in [0, 0.1) is 12.3 Å². The summed E-state index contributed by atoms with van der Waals surface area (Å²) in [5, 5.41) is 2.57. The number of hydrogen-bond donors (Lipinski definition) is 0. The van der Waals surface area contributed by atoms with E-state index >= 15 is 0 Å². The highest BCUT2D eigenvalue weighted by Gasteiger charge is 2.52. The van der Waals surface area contributed by atoms with Crippen LogP contribution in [0.3, 0.4) is 0 Å². The average molecular weight is 379 g/mol. The van der Waals surface area contributed by atoms with Crippen LogP contribution in [0.1, 0.15) is 40.0 Å². The molecule has 0 amide bonds. The molecule has 1 saturated heterocycles. The van der Waals surface area contributed by atoms with Crippen LogP contribution < -0.4 is 10.4 Å². The largest absolute Gasteiger partial charge is 0.402 e. The predicted octanol–water partition coefficient (Wildman–Crippen LogP) is 4.13. The molecule has 0 N–H and O–H groups in total. The zero-order valence-corrected chi connectivity index (χ0v) is 17.7. The molecular formula is C24H30O2Si. The van der Waals surface area contributed by atoms with Crippen molar-refractivity contribution in [2.45, 2.75) is 57.3 Å². The summed E-state index contributed by atoms with van der Waals surface area (Å²) >= 11 is 0. The van der Waals surface area contributed by atoms with Crippen molar-refractivity contribution < 1.29 is 9.16 Å². The van der Waals surface area contributed by atoms with Crippen molar-refractivity contribution in [2.75, 3.05) is 6.61 Å². The van der Waals surface area contributed by atoms with Gasteiger partial charge in [0.2, 0.25) is 0 Å². The second-order valence-electron chi connectivity index (χ2n) is 8.28. The molecule has 0 bridgehead atoms. The molecule has 1 aliphatic rings. The van der Waals surface area contributed by atoms with Crippen molar-refractivity contribution in [3.63, 3.8) is 0 Å². The number of rotatable bonds is 5. The van der Waals surface area contributed by atoms with Crippen molar-refractivity contribution in [1.82, 2.24) is 0 Å². The molecule has 27 heavy (non-hydrogen) atoms. The van der Waals surface area contributed by atoms with Gasteiger partial charge in [0.15, 0.2) is 0 Å². The fraction of sp³-hybridized carbons (Fsp3) is 0.417. The van der Waals surface area contributed by atoms with E-state index in [9.17, 15) is 0 Å². The molecule has 0 aliphatic carbocycles. The van der Waals surface area contributed by atoms with Crippen LogP contribution in [0.5, 0.6) is 0 Å². The molecule has 2 aromatic carbocycles. The first-order valence-electron chi connectivity index (χ1n) is 9.83. The summed E-state index contributed by atoms with van der Waals surface area (Å²) in [5.41, 5.74) is 0. The van der Waals surface area contributed by atoms with Crippen LogP contribution >= 0.6 is 0 Å². The molecule has 2 aromatic rings. The maximum absolute atomic E-state index is 7.20. The monoisotopic (exact) mass is 378 g/mol. The predicted molar refractivity (Wildman–Crippen MR) is 115 cm³/mol. The smallest absolute Gasteiger partial charge is 0.261 e. The van der Waals surface area contributed by atoms with Crippen molar-refractivity contribution >= 4 is 18.7 Å². The molecule has 0 spiro atoms. The van der Waals surface area contributed by atoms with Gasteiger partial charge in [0.05, 0.1) is 12.2 Å². The Morgan fingerprint density at radius 1 is 1.04 bits per heavy atom. The average Bonchev–Trinajstić information content (AvgIpc) is 2.68. The van der Waals surface area contributed by atoms with Crippen LogP contribution in [0.4, 0.5) is 0 Å². The van der Waals surface area contributed by atoms with Crippen LogP contribution in [0.2, 0.25) is 5.04 Å². The first kappa shape index (κ1) is 19.9. The van der Waals surface area contributed by atoms with Gasteiger partial charge in [0.25, 0.3) is 8.32 Å². The highest BCUT2D eigenvalue weighted by molar-refractivity contribution is 6.99. The third-order valence-corrected chi connectivity index (χ3v) is 10.5. The molecule has 1 fully saturated rings. The topological polar surface area (TPSA) is 18.5 Å². The van der Waals surface area contributed by atoms with Gasteiger partial charge in [-0.2, -0.15) is 0 Å². The molecule has 3 rings (SSSR count). The van der Waals surface area contributed by atoms with E-state index in [0.717, 1.165) is 19.4 Å². The molecule has 0 unspecified atom stereocenters. The van der Waals surface area contributed by atoms with E-state index in [2.05, 4.69) is 87.4 Å². The third kappa shape index (κ3) is 4.04. The summed E-state index contributed by atoms with van der Waals surface area (Å²) in [7, 11) is -2.56. The molecular weight excluding hydrogens is 348 g/mol. The Labute approximate surface area is 165 Å². The Hall–Kier alpha value is -1.86. The van der Waals surface area contributed by atoms with Crippen molar-refractivity contribution in [3.05, 3.63) is 60.7 Å². The molecule has 1 aliphatic heterocycles. The van der Waals surface area contributed by atoms with E-state index in [-0.39, 0.29) is 17.2 Å². The van der Waals surface area contributed by atoms with Gasteiger partial charge in [-0.05, 0) is 28.3 Å². The zero-order chi connectivity index (χ0) is 19.3. The maximum Gasteiger partial charge on any atom is 0.261 e. The Morgan fingerprint density at radius 3 is 2.07 bits per heavy atom. The number of hydrogen-bond acceptors (Lipinski definition) is 2. The molecule has 142 valence electrons. The van der Waals surface area contributed by atoms with Gasteiger partial charge in [-0.1, -0.05) is 81.4 Å². The Bertz CT molecular complexity index is 719. The van der Waals surface area contributed by atoms with E-state index in [1.54, 1.807) is 0 Å². The van der Waals surface area contributed by atoms with Gasteiger partial charge in [0.1, 0.15) is 0 Å². The fourth-order valence-electron chi connectivity index (χ4n) is 4.17. The summed E-state index contributed by atoms with van der Waals surface area (Å²) in [6.45, 7) is 7.68. The molecule has 0 saturated carbocycles. The van der Waals surface area contributed by atoms with Crippen LogP contribution in [-0.2, 0) is 9.16 Å². The van der Waals surface area contributed by atoms with Gasteiger partial charge in [0, 0.05) is 13.0 Å². The van der Waals surface area contributed by atoms with E-state index in [1.165, 1.54) is 10.4 Å². The minimum Gasteiger partial charge on any atom is -0.402 e. The number of benzene rings is 2. The van der Waals surface area contributed by atoms with Crippen molar-refractivity contribution in [3.8, 4) is 12.3 Å². The summed E-state index contributed by atoms with van der Waals surface area (Å²) in [6, 6.07) is 21.5. The lowest BCUT2D eigenvalue weighted by atomic mass is 10.0. The van der Waals surface area contributed by atoms with E-state index in [0.29, 0.717) is 6.42 Å². The lowest BCUT2D eigenvalue weighted by Crippen LogP contribution is -2.68. The Morgan fingerprint density at radius 2 is 1.59 bits per heavy atom. The molecule has 3 heteroatoms. The molecule has 0 radical (unpaired) electrons. The summed E-state index contributed by atoms with van der Waals surface area (Å²) in [6.07, 6.45) is 8.24. The number of terminal acetylenes is 1. The highest BCUT2D eigenvalue weighted by atomic mass is 28.4. The standard InChI is InChI=1S/C24H30O2Si/c1-5-13-22-23(18-12-19-25-22)26-27(24(2,3)4,20-14-8-6-9-15-20)21-16-10-7-11-17-21/h1,6-11,14-17,22-23H,12-13,18-19H2,2-4H3/t22-,23+/m0/s1. The summed E-state index contributed by atoms with van der Waals surface area (Å²) < 4.78 is 13.2. The normalized spacial score (nSPS) is 20.8. The van der Waals surface area contributed by atoms with Gasteiger partial charge < -0.3 is 9.16 Å². The van der Waals surface area contributed by atoms with Gasteiger partial charge in [-0.15, -0.1) is 12.3 Å². The molecule has 2 nitrogen and oxygen atoms in total. The fourth-order valence-corrected chi connectivity index (χ4v) is 8.91.